The first kappa shape index (κ1) is 11.9. The normalized spacial score (nSPS) is 12.3. The predicted octanol–water partition coefficient (Wildman–Crippen LogP) is 1.72. The molecule has 15 heavy (non-hydrogen) atoms. The highest BCUT2D eigenvalue weighted by Crippen LogP contribution is 2.19. The van der Waals surface area contributed by atoms with Crippen molar-refractivity contribution in [2.75, 3.05) is 5.32 Å². The van der Waals surface area contributed by atoms with Gasteiger partial charge < -0.3 is 11.1 Å². The second kappa shape index (κ2) is 5.09. The van der Waals surface area contributed by atoms with E-state index in [1.807, 2.05) is 13.8 Å². The molecule has 0 bridgehead atoms. The van der Waals surface area contributed by atoms with Gasteiger partial charge in [-0.15, -0.1) is 0 Å². The topological polar surface area (TPSA) is 68.0 Å². The van der Waals surface area contributed by atoms with Crippen molar-refractivity contribution >= 4 is 23.2 Å². The number of hydrogen-bond donors (Lipinski definition) is 2. The summed E-state index contributed by atoms with van der Waals surface area (Å²) in [6, 6.07) is 1.25. The molecule has 0 saturated carbocycles. The summed E-state index contributed by atoms with van der Waals surface area (Å²) < 4.78 is 0. The molecule has 1 aromatic heterocycles. The van der Waals surface area contributed by atoms with Crippen LogP contribution in [0.3, 0.4) is 0 Å². The molecule has 1 rings (SSSR count). The van der Waals surface area contributed by atoms with Crippen molar-refractivity contribution in [2.24, 2.45) is 5.73 Å². The van der Waals surface area contributed by atoms with Crippen LogP contribution in [-0.4, -0.2) is 16.9 Å². The molecule has 0 aliphatic carbocycles. The van der Waals surface area contributed by atoms with Crippen LogP contribution in [0.25, 0.3) is 0 Å². The van der Waals surface area contributed by atoms with Gasteiger partial charge in [-0.05, 0) is 25.0 Å². The maximum absolute atomic E-state index is 11.5. The lowest BCUT2D eigenvalue weighted by atomic mass is 10.2. The van der Waals surface area contributed by atoms with Gasteiger partial charge in [0.1, 0.15) is 0 Å². The summed E-state index contributed by atoms with van der Waals surface area (Å²) >= 11 is 5.82. The first-order valence-corrected chi connectivity index (χ1v) is 5.11. The van der Waals surface area contributed by atoms with E-state index in [2.05, 4.69) is 10.3 Å². The average Bonchev–Trinajstić information content (AvgIpc) is 2.22. The zero-order valence-corrected chi connectivity index (χ0v) is 9.51. The molecule has 0 spiro atoms. The van der Waals surface area contributed by atoms with Crippen LogP contribution in [-0.2, 0) is 4.79 Å². The summed E-state index contributed by atoms with van der Waals surface area (Å²) in [5.74, 6) is -0.244. The highest BCUT2D eigenvalue weighted by Gasteiger charge is 2.12. The fourth-order valence-corrected chi connectivity index (χ4v) is 1.20. The monoisotopic (exact) mass is 227 g/mol. The quantitative estimate of drug-likeness (QED) is 0.773. The fourth-order valence-electron chi connectivity index (χ4n) is 1.05. The predicted molar refractivity (Wildman–Crippen MR) is 60.9 cm³/mol. The van der Waals surface area contributed by atoms with Crippen molar-refractivity contribution in [3.8, 4) is 0 Å². The van der Waals surface area contributed by atoms with Crippen molar-refractivity contribution < 1.29 is 4.79 Å². The third kappa shape index (κ3) is 3.18. The number of hydrogen-bond acceptors (Lipinski definition) is 3. The number of nitrogens with one attached hydrogen (secondary N) is 1. The van der Waals surface area contributed by atoms with E-state index in [-0.39, 0.29) is 11.1 Å². The Balaban J connectivity index is 2.80. The number of rotatable bonds is 3. The van der Waals surface area contributed by atoms with Crippen LogP contribution >= 0.6 is 11.6 Å². The molecule has 0 unspecified atom stereocenters. The maximum Gasteiger partial charge on any atom is 0.241 e. The molecule has 0 aliphatic rings. The molecule has 0 saturated heterocycles. The average molecular weight is 228 g/mol. The van der Waals surface area contributed by atoms with E-state index in [1.165, 1.54) is 0 Å². The maximum atomic E-state index is 11.5. The summed E-state index contributed by atoms with van der Waals surface area (Å²) in [6.07, 6.45) is 2.22. The van der Waals surface area contributed by atoms with E-state index in [0.29, 0.717) is 12.1 Å². The zero-order chi connectivity index (χ0) is 11.4. The van der Waals surface area contributed by atoms with E-state index >= 15 is 0 Å². The molecule has 3 N–H and O–H groups in total. The molecule has 1 heterocycles. The number of pyridine rings is 1. The van der Waals surface area contributed by atoms with Crippen molar-refractivity contribution in [3.63, 3.8) is 0 Å². The van der Waals surface area contributed by atoms with E-state index in [9.17, 15) is 4.79 Å². The fraction of sp³-hybridized carbons (Fsp3) is 0.400. The van der Waals surface area contributed by atoms with Gasteiger partial charge in [0, 0.05) is 6.20 Å². The molecule has 0 radical (unpaired) electrons. The largest absolute Gasteiger partial charge is 0.322 e. The Labute approximate surface area is 93.8 Å². The zero-order valence-electron chi connectivity index (χ0n) is 8.75. The number of carbonyl (C=O) groups excluding carboxylic acids is 1. The molecule has 0 aliphatic heterocycles. The van der Waals surface area contributed by atoms with Gasteiger partial charge in [-0.1, -0.05) is 18.5 Å². The molecule has 1 aromatic rings. The highest BCUT2D eigenvalue weighted by atomic mass is 35.5. The first-order valence-electron chi connectivity index (χ1n) is 4.73. The van der Waals surface area contributed by atoms with Crippen LogP contribution in [0, 0.1) is 6.92 Å². The van der Waals surface area contributed by atoms with E-state index in [0.717, 1.165) is 5.56 Å². The first-order chi connectivity index (χ1) is 7.04. The van der Waals surface area contributed by atoms with E-state index in [1.54, 1.807) is 12.3 Å². The number of amides is 1. The van der Waals surface area contributed by atoms with Crippen molar-refractivity contribution in [3.05, 3.63) is 23.0 Å². The third-order valence-electron chi connectivity index (χ3n) is 2.01. The molecular weight excluding hydrogens is 214 g/mol. The number of anilines is 1. The van der Waals surface area contributed by atoms with Gasteiger partial charge in [0.05, 0.1) is 11.7 Å². The van der Waals surface area contributed by atoms with Crippen LogP contribution in [0.5, 0.6) is 0 Å². The number of aromatic nitrogens is 1. The molecule has 5 heteroatoms. The molecular formula is C10H14ClN3O. The number of nitrogens with two attached hydrogens (primary N) is 1. The van der Waals surface area contributed by atoms with Gasteiger partial charge in [0.2, 0.25) is 5.91 Å². The minimum atomic E-state index is -0.512. The molecule has 1 atom stereocenters. The molecule has 0 fully saturated rings. The minimum Gasteiger partial charge on any atom is -0.322 e. The van der Waals surface area contributed by atoms with Gasteiger partial charge >= 0.3 is 0 Å². The van der Waals surface area contributed by atoms with Crippen molar-refractivity contribution in [1.82, 2.24) is 4.98 Å². The highest BCUT2D eigenvalue weighted by molar-refractivity contribution is 6.32. The van der Waals surface area contributed by atoms with Gasteiger partial charge in [0.25, 0.3) is 0 Å². The van der Waals surface area contributed by atoms with E-state index in [4.69, 9.17) is 17.3 Å². The lowest BCUT2D eigenvalue weighted by molar-refractivity contribution is -0.117. The van der Waals surface area contributed by atoms with Gasteiger partial charge in [-0.3, -0.25) is 4.79 Å². The Kier molecular flexibility index (Phi) is 4.05. The van der Waals surface area contributed by atoms with Crippen LogP contribution < -0.4 is 11.1 Å². The standard InChI is InChI=1S/C10H14ClN3O/c1-3-7(12)10(15)14-8-4-6(2)5-13-9(8)11/h4-5,7H,3,12H2,1-2H3,(H,14,15)/t7-/m0/s1. The Hall–Kier alpha value is -1.13. The summed E-state index contributed by atoms with van der Waals surface area (Å²) in [4.78, 5) is 15.4. The molecule has 82 valence electrons. The minimum absolute atomic E-state index is 0.244. The SMILES string of the molecule is CC[C@H](N)C(=O)Nc1cc(C)cnc1Cl. The van der Waals surface area contributed by atoms with Gasteiger partial charge in [-0.25, -0.2) is 4.98 Å². The Morgan fingerprint density at radius 1 is 1.73 bits per heavy atom. The summed E-state index contributed by atoms with van der Waals surface area (Å²) in [5, 5.41) is 2.92. The lowest BCUT2D eigenvalue weighted by Gasteiger charge is -2.11. The Morgan fingerprint density at radius 2 is 2.40 bits per heavy atom. The summed E-state index contributed by atoms with van der Waals surface area (Å²) in [5.41, 5.74) is 7.01. The van der Waals surface area contributed by atoms with E-state index < -0.39 is 6.04 Å². The second-order valence-corrected chi connectivity index (χ2v) is 3.71. The van der Waals surface area contributed by atoms with Crippen LogP contribution in [0.15, 0.2) is 12.3 Å². The van der Waals surface area contributed by atoms with Crippen LogP contribution in [0.2, 0.25) is 5.15 Å². The van der Waals surface area contributed by atoms with Crippen molar-refractivity contribution in [1.29, 1.82) is 0 Å². The number of nitrogens with zero attached hydrogens (tertiary/aromatic N) is 1. The van der Waals surface area contributed by atoms with Gasteiger partial charge in [0.15, 0.2) is 5.15 Å². The van der Waals surface area contributed by atoms with Crippen LogP contribution in [0.4, 0.5) is 5.69 Å². The lowest BCUT2D eigenvalue weighted by Crippen LogP contribution is -2.34. The molecule has 4 nitrogen and oxygen atoms in total. The van der Waals surface area contributed by atoms with Gasteiger partial charge in [-0.2, -0.15) is 0 Å². The van der Waals surface area contributed by atoms with Crippen LogP contribution in [0.1, 0.15) is 18.9 Å². The number of carbonyl (C=O) groups is 1. The number of halogens is 1. The summed E-state index contributed by atoms with van der Waals surface area (Å²) in [7, 11) is 0. The molecule has 1 amide bonds. The second-order valence-electron chi connectivity index (χ2n) is 3.36. The molecule has 0 aromatic carbocycles. The summed E-state index contributed by atoms with van der Waals surface area (Å²) in [6.45, 7) is 3.72. The Morgan fingerprint density at radius 3 is 3.00 bits per heavy atom. The smallest absolute Gasteiger partial charge is 0.241 e. The third-order valence-corrected chi connectivity index (χ3v) is 2.31. The number of aryl methyl sites for hydroxylation is 1. The Bertz CT molecular complexity index is 368. The van der Waals surface area contributed by atoms with Crippen molar-refractivity contribution in [2.45, 2.75) is 26.3 Å².